The predicted octanol–water partition coefficient (Wildman–Crippen LogP) is 3.37. The van der Waals surface area contributed by atoms with Crippen LogP contribution in [0.15, 0.2) is 17.3 Å². The number of oxime groups is 1. The van der Waals surface area contributed by atoms with Gasteiger partial charge in [-0.1, -0.05) is 34.8 Å². The van der Waals surface area contributed by atoms with Crippen molar-refractivity contribution in [2.75, 3.05) is 13.2 Å². The van der Waals surface area contributed by atoms with Gasteiger partial charge in [0, 0.05) is 18.5 Å². The maximum atomic E-state index is 11.3. The van der Waals surface area contributed by atoms with E-state index in [0.29, 0.717) is 33.8 Å². The van der Waals surface area contributed by atoms with Gasteiger partial charge in [-0.2, -0.15) is 0 Å². The lowest BCUT2D eigenvalue weighted by molar-refractivity contribution is 0.126. The van der Waals surface area contributed by atoms with Crippen molar-refractivity contribution in [2.24, 2.45) is 10.9 Å². The second-order valence-corrected chi connectivity index (χ2v) is 6.18. The zero-order chi connectivity index (χ0) is 18.1. The number of nitrogens with one attached hydrogen (secondary N) is 2. The number of rotatable bonds is 7. The molecule has 10 heteroatoms. The van der Waals surface area contributed by atoms with E-state index in [1.807, 2.05) is 13.8 Å². The van der Waals surface area contributed by atoms with Crippen LogP contribution in [0.3, 0.4) is 0 Å². The fourth-order valence-corrected chi connectivity index (χ4v) is 2.06. The lowest BCUT2D eigenvalue weighted by atomic mass is 10.3. The fraction of sp³-hybridized carbons (Fsp3) is 0.429. The summed E-state index contributed by atoms with van der Waals surface area (Å²) >= 11 is 17.7. The van der Waals surface area contributed by atoms with Crippen molar-refractivity contribution in [3.8, 4) is 5.75 Å². The molecule has 1 rings (SSSR count). The van der Waals surface area contributed by atoms with Crippen molar-refractivity contribution in [1.82, 2.24) is 10.6 Å². The molecular formula is C14H19Cl3N4O3. The van der Waals surface area contributed by atoms with Gasteiger partial charge in [0.2, 0.25) is 5.96 Å². The molecule has 4 N–H and O–H groups in total. The molecule has 0 saturated carbocycles. The maximum Gasteiger partial charge on any atom is 0.321 e. The largest absolute Gasteiger partial charge is 0.492 e. The maximum absolute atomic E-state index is 11.3. The van der Waals surface area contributed by atoms with Crippen LogP contribution < -0.4 is 21.1 Å². The van der Waals surface area contributed by atoms with E-state index in [1.54, 1.807) is 6.07 Å². The molecule has 0 radical (unpaired) electrons. The summed E-state index contributed by atoms with van der Waals surface area (Å²) in [6, 6.07) is 2.59. The average molecular weight is 398 g/mol. The molecule has 0 saturated heterocycles. The second kappa shape index (κ2) is 10.3. The highest BCUT2D eigenvalue weighted by atomic mass is 35.5. The van der Waals surface area contributed by atoms with E-state index in [-0.39, 0.29) is 18.6 Å². The van der Waals surface area contributed by atoms with Crippen molar-refractivity contribution >= 4 is 46.8 Å². The third kappa shape index (κ3) is 7.81. The Morgan fingerprint density at radius 3 is 2.54 bits per heavy atom. The molecule has 0 spiro atoms. The Morgan fingerprint density at radius 1 is 1.21 bits per heavy atom. The van der Waals surface area contributed by atoms with Gasteiger partial charge in [-0.05, 0) is 25.1 Å². The number of hydrogen-bond donors (Lipinski definition) is 3. The van der Waals surface area contributed by atoms with Crippen LogP contribution in [0.4, 0.5) is 4.79 Å². The van der Waals surface area contributed by atoms with Crippen LogP contribution in [0.2, 0.25) is 15.1 Å². The van der Waals surface area contributed by atoms with E-state index in [1.165, 1.54) is 6.07 Å². The number of amides is 2. The van der Waals surface area contributed by atoms with Gasteiger partial charge in [0.05, 0.1) is 21.7 Å². The molecule has 1 aromatic rings. The van der Waals surface area contributed by atoms with Gasteiger partial charge < -0.3 is 20.6 Å². The van der Waals surface area contributed by atoms with Crippen LogP contribution in [0.1, 0.15) is 20.3 Å². The first-order valence-electron chi connectivity index (χ1n) is 7.10. The summed E-state index contributed by atoms with van der Waals surface area (Å²) in [5.41, 5.74) is 5.48. The van der Waals surface area contributed by atoms with Crippen LogP contribution in [0.5, 0.6) is 5.75 Å². The number of ether oxygens (including phenoxy) is 1. The highest BCUT2D eigenvalue weighted by Crippen LogP contribution is 2.33. The van der Waals surface area contributed by atoms with Crippen molar-refractivity contribution in [3.05, 3.63) is 27.2 Å². The van der Waals surface area contributed by atoms with E-state index >= 15 is 0 Å². The monoisotopic (exact) mass is 396 g/mol. The summed E-state index contributed by atoms with van der Waals surface area (Å²) < 4.78 is 5.47. The quantitative estimate of drug-likeness (QED) is 0.216. The number of urea groups is 1. The van der Waals surface area contributed by atoms with Gasteiger partial charge in [0.15, 0.2) is 0 Å². The minimum absolute atomic E-state index is 0.0101. The molecule has 0 heterocycles. The highest BCUT2D eigenvalue weighted by Gasteiger charge is 2.07. The van der Waals surface area contributed by atoms with Gasteiger partial charge in [-0.25, -0.2) is 4.79 Å². The van der Waals surface area contributed by atoms with Crippen molar-refractivity contribution in [3.63, 3.8) is 0 Å². The van der Waals surface area contributed by atoms with E-state index in [4.69, 9.17) is 50.1 Å². The first kappa shape index (κ1) is 20.5. The van der Waals surface area contributed by atoms with E-state index < -0.39 is 6.03 Å². The first-order chi connectivity index (χ1) is 11.3. The van der Waals surface area contributed by atoms with Gasteiger partial charge in [-0.3, -0.25) is 5.32 Å². The van der Waals surface area contributed by atoms with Crippen molar-refractivity contribution in [2.45, 2.75) is 26.3 Å². The number of benzene rings is 1. The number of hydrogen-bond acceptors (Lipinski definition) is 4. The Hall–Kier alpha value is -1.57. The zero-order valence-electron chi connectivity index (χ0n) is 13.2. The SMILES string of the molecule is CC(C)NC(=O)NC(N)=NOCCCOc1cc(Cl)c(Cl)cc1Cl. The molecule has 0 bridgehead atoms. The minimum atomic E-state index is -0.451. The Balaban J connectivity index is 2.26. The molecule has 7 nitrogen and oxygen atoms in total. The van der Waals surface area contributed by atoms with Crippen LogP contribution in [-0.2, 0) is 4.84 Å². The number of carbonyl (C=O) groups excluding carboxylic acids is 1. The third-order valence-corrected chi connectivity index (χ3v) is 3.45. The number of guanidine groups is 1. The van der Waals surface area contributed by atoms with Gasteiger partial charge in [0.25, 0.3) is 0 Å². The van der Waals surface area contributed by atoms with E-state index in [2.05, 4.69) is 15.8 Å². The second-order valence-electron chi connectivity index (χ2n) is 4.96. The smallest absolute Gasteiger partial charge is 0.321 e. The molecule has 0 fully saturated rings. The molecule has 0 atom stereocenters. The summed E-state index contributed by atoms with van der Waals surface area (Å²) in [6.07, 6.45) is 0.519. The summed E-state index contributed by atoms with van der Waals surface area (Å²) in [5, 5.41) is 9.57. The minimum Gasteiger partial charge on any atom is -0.492 e. The molecule has 0 aliphatic carbocycles. The van der Waals surface area contributed by atoms with Crippen molar-refractivity contribution in [1.29, 1.82) is 0 Å². The third-order valence-electron chi connectivity index (χ3n) is 2.44. The van der Waals surface area contributed by atoms with E-state index in [9.17, 15) is 4.79 Å². The van der Waals surface area contributed by atoms with Gasteiger partial charge in [0.1, 0.15) is 12.4 Å². The predicted molar refractivity (Wildman–Crippen MR) is 96.0 cm³/mol. The number of carbonyl (C=O) groups is 1. The summed E-state index contributed by atoms with van der Waals surface area (Å²) in [7, 11) is 0. The Kier molecular flexibility index (Phi) is 8.81. The van der Waals surface area contributed by atoms with Crippen LogP contribution in [0.25, 0.3) is 0 Å². The molecule has 134 valence electrons. The topological polar surface area (TPSA) is 98.0 Å². The molecule has 0 aliphatic heterocycles. The van der Waals surface area contributed by atoms with Crippen LogP contribution in [-0.4, -0.2) is 31.2 Å². The Bertz CT molecular complexity index is 597. The Labute approximate surface area is 155 Å². The average Bonchev–Trinajstić information content (AvgIpc) is 2.46. The number of nitrogens with zero attached hydrogens (tertiary/aromatic N) is 1. The van der Waals surface area contributed by atoms with Crippen LogP contribution >= 0.6 is 34.8 Å². The number of halogens is 3. The highest BCUT2D eigenvalue weighted by molar-refractivity contribution is 6.43. The molecular weight excluding hydrogens is 379 g/mol. The number of nitrogens with two attached hydrogens (primary N) is 1. The summed E-state index contributed by atoms with van der Waals surface area (Å²) in [5.74, 6) is 0.294. The zero-order valence-corrected chi connectivity index (χ0v) is 15.5. The van der Waals surface area contributed by atoms with Crippen molar-refractivity contribution < 1.29 is 14.4 Å². The lowest BCUT2D eigenvalue weighted by Gasteiger charge is -2.10. The first-order valence-corrected chi connectivity index (χ1v) is 8.23. The van der Waals surface area contributed by atoms with Gasteiger partial charge >= 0.3 is 6.03 Å². The lowest BCUT2D eigenvalue weighted by Crippen LogP contribution is -2.45. The normalized spacial score (nSPS) is 11.3. The molecule has 0 aliphatic rings. The molecule has 1 aromatic carbocycles. The Morgan fingerprint density at radius 2 is 1.88 bits per heavy atom. The summed E-state index contributed by atoms with van der Waals surface area (Å²) in [4.78, 5) is 16.3. The molecule has 0 unspecified atom stereocenters. The van der Waals surface area contributed by atoms with Gasteiger partial charge in [-0.15, -0.1) is 0 Å². The van der Waals surface area contributed by atoms with E-state index in [0.717, 1.165) is 0 Å². The molecule has 0 aromatic heterocycles. The molecule has 2 amide bonds. The standard InChI is InChI=1S/C14H19Cl3N4O3/c1-8(2)19-14(22)20-13(18)21-24-5-3-4-23-12-7-10(16)9(15)6-11(12)17/h6-8H,3-5H2,1-2H3,(H4,18,19,20,21,22). The van der Waals surface area contributed by atoms with Crippen LogP contribution in [0, 0.1) is 0 Å². The summed E-state index contributed by atoms with van der Waals surface area (Å²) in [6.45, 7) is 4.22. The fourth-order valence-electron chi connectivity index (χ4n) is 1.47. The molecule has 24 heavy (non-hydrogen) atoms.